The molecule has 1 heterocycles. The van der Waals surface area contributed by atoms with Gasteiger partial charge in [0, 0.05) is 30.6 Å². The van der Waals surface area contributed by atoms with Gasteiger partial charge in [0.2, 0.25) is 11.8 Å². The van der Waals surface area contributed by atoms with Crippen LogP contribution >= 0.6 is 11.6 Å². The number of benzene rings is 1. The Morgan fingerprint density at radius 2 is 1.90 bits per heavy atom. The van der Waals surface area contributed by atoms with Crippen LogP contribution in [0.3, 0.4) is 0 Å². The molecular weight excluding hydrogens is 400 g/mol. The van der Waals surface area contributed by atoms with Crippen molar-refractivity contribution in [1.82, 2.24) is 20.4 Å². The summed E-state index contributed by atoms with van der Waals surface area (Å²) in [4.78, 5) is 24.0. The number of aryl methyl sites for hydroxylation is 2. The molecule has 2 aromatic rings. The van der Waals surface area contributed by atoms with Crippen molar-refractivity contribution in [3.05, 3.63) is 57.9 Å². The van der Waals surface area contributed by atoms with E-state index in [1.807, 2.05) is 13.8 Å². The van der Waals surface area contributed by atoms with Crippen molar-refractivity contribution in [3.8, 4) is 0 Å². The lowest BCUT2D eigenvalue weighted by Crippen LogP contribution is -2.35. The fourth-order valence-electron chi connectivity index (χ4n) is 3.61. The monoisotopic (exact) mass is 428 g/mol. The SMILES string of the molecule is Cc1ccc(Cn2nc(C)c(/C=C/C(=O)NCCC(=O)NC3CCCC3)c2Cl)cc1. The van der Waals surface area contributed by atoms with Gasteiger partial charge in [-0.15, -0.1) is 0 Å². The molecule has 160 valence electrons. The third-order valence-corrected chi connectivity index (χ3v) is 5.73. The molecule has 1 aromatic carbocycles. The summed E-state index contributed by atoms with van der Waals surface area (Å²) in [5.74, 6) is -0.270. The fraction of sp³-hybridized carbons (Fsp3) is 0.435. The van der Waals surface area contributed by atoms with Gasteiger partial charge in [-0.1, -0.05) is 54.3 Å². The molecule has 7 heteroatoms. The van der Waals surface area contributed by atoms with E-state index in [1.54, 1.807) is 10.8 Å². The van der Waals surface area contributed by atoms with Crippen molar-refractivity contribution in [2.45, 2.75) is 58.5 Å². The zero-order valence-electron chi connectivity index (χ0n) is 17.6. The maximum absolute atomic E-state index is 12.1. The third kappa shape index (κ3) is 6.20. The number of hydrogen-bond donors (Lipinski definition) is 2. The van der Waals surface area contributed by atoms with Crippen LogP contribution < -0.4 is 10.6 Å². The Morgan fingerprint density at radius 1 is 1.20 bits per heavy atom. The minimum absolute atomic E-state index is 0.0116. The molecule has 0 bridgehead atoms. The molecule has 30 heavy (non-hydrogen) atoms. The molecule has 2 N–H and O–H groups in total. The summed E-state index contributed by atoms with van der Waals surface area (Å²) in [5, 5.41) is 10.7. The smallest absolute Gasteiger partial charge is 0.244 e. The quantitative estimate of drug-likeness (QED) is 0.628. The summed E-state index contributed by atoms with van der Waals surface area (Å²) in [6.45, 7) is 4.78. The highest BCUT2D eigenvalue weighted by atomic mass is 35.5. The number of halogens is 1. The van der Waals surface area contributed by atoms with Crippen molar-refractivity contribution in [2.75, 3.05) is 6.54 Å². The van der Waals surface area contributed by atoms with Crippen LogP contribution in [0.1, 0.15) is 54.5 Å². The number of nitrogens with zero attached hydrogens (tertiary/aromatic N) is 2. The molecule has 1 fully saturated rings. The first-order valence-electron chi connectivity index (χ1n) is 10.5. The predicted molar refractivity (Wildman–Crippen MR) is 119 cm³/mol. The molecule has 0 unspecified atom stereocenters. The van der Waals surface area contributed by atoms with Crippen LogP contribution in [0.2, 0.25) is 5.15 Å². The maximum atomic E-state index is 12.1. The Balaban J connectivity index is 1.49. The molecule has 0 aliphatic heterocycles. The van der Waals surface area contributed by atoms with E-state index in [-0.39, 0.29) is 18.2 Å². The van der Waals surface area contributed by atoms with Crippen LogP contribution in [0.25, 0.3) is 6.08 Å². The summed E-state index contributed by atoms with van der Waals surface area (Å²) in [6.07, 6.45) is 7.85. The first kappa shape index (κ1) is 22.1. The highest BCUT2D eigenvalue weighted by Gasteiger charge is 2.17. The molecule has 6 nitrogen and oxygen atoms in total. The lowest BCUT2D eigenvalue weighted by Gasteiger charge is -2.11. The van der Waals surface area contributed by atoms with Crippen molar-refractivity contribution in [2.24, 2.45) is 0 Å². The standard InChI is InChI=1S/C23H29ClN4O2/c1-16-7-9-18(10-8-16)15-28-23(24)20(17(2)27-28)11-12-21(29)25-14-13-22(30)26-19-5-3-4-6-19/h7-12,19H,3-6,13-15H2,1-2H3,(H,25,29)(H,26,30)/b12-11+. The van der Waals surface area contributed by atoms with Gasteiger partial charge in [-0.05, 0) is 38.3 Å². The summed E-state index contributed by atoms with van der Waals surface area (Å²) in [6, 6.07) is 8.51. The Morgan fingerprint density at radius 3 is 2.60 bits per heavy atom. The van der Waals surface area contributed by atoms with Gasteiger partial charge in [-0.3, -0.25) is 9.59 Å². The van der Waals surface area contributed by atoms with Crippen molar-refractivity contribution in [3.63, 3.8) is 0 Å². The number of hydrogen-bond acceptors (Lipinski definition) is 3. The Kier molecular flexibility index (Phi) is 7.69. The maximum Gasteiger partial charge on any atom is 0.244 e. The van der Waals surface area contributed by atoms with Crippen LogP contribution in [0.4, 0.5) is 0 Å². The van der Waals surface area contributed by atoms with Gasteiger partial charge in [-0.25, -0.2) is 4.68 Å². The highest BCUT2D eigenvalue weighted by Crippen LogP contribution is 2.22. The molecule has 0 saturated heterocycles. The second kappa shape index (κ2) is 10.4. The number of nitrogens with one attached hydrogen (secondary N) is 2. The second-order valence-corrected chi connectivity index (χ2v) is 8.21. The topological polar surface area (TPSA) is 76.0 Å². The molecule has 3 rings (SSSR count). The van der Waals surface area contributed by atoms with E-state index in [0.717, 1.165) is 29.7 Å². The third-order valence-electron chi connectivity index (χ3n) is 5.34. The van der Waals surface area contributed by atoms with Gasteiger partial charge in [0.15, 0.2) is 0 Å². The van der Waals surface area contributed by atoms with Crippen molar-refractivity contribution in [1.29, 1.82) is 0 Å². The summed E-state index contributed by atoms with van der Waals surface area (Å²) >= 11 is 6.49. The van der Waals surface area contributed by atoms with Crippen molar-refractivity contribution >= 4 is 29.5 Å². The molecule has 1 aromatic heterocycles. The zero-order valence-corrected chi connectivity index (χ0v) is 18.3. The molecule has 2 amide bonds. The van der Waals surface area contributed by atoms with Crippen LogP contribution in [0, 0.1) is 13.8 Å². The number of amides is 2. The van der Waals surface area contributed by atoms with E-state index in [2.05, 4.69) is 40.0 Å². The lowest BCUT2D eigenvalue weighted by molar-refractivity contribution is -0.121. The fourth-order valence-corrected chi connectivity index (χ4v) is 3.91. The molecule has 1 aliphatic carbocycles. The molecule has 1 aliphatic rings. The minimum atomic E-state index is -0.259. The molecule has 0 atom stereocenters. The average molecular weight is 429 g/mol. The molecular formula is C23H29ClN4O2. The van der Waals surface area contributed by atoms with Crippen molar-refractivity contribution < 1.29 is 9.59 Å². The number of carbonyl (C=O) groups excluding carboxylic acids is 2. The zero-order chi connectivity index (χ0) is 21.5. The van der Waals surface area contributed by atoms with E-state index < -0.39 is 0 Å². The highest BCUT2D eigenvalue weighted by molar-refractivity contribution is 6.31. The van der Waals surface area contributed by atoms with E-state index in [1.165, 1.54) is 24.5 Å². The largest absolute Gasteiger partial charge is 0.353 e. The Bertz CT molecular complexity index is 912. The Hall–Kier alpha value is -2.60. The van der Waals surface area contributed by atoms with Gasteiger partial charge >= 0.3 is 0 Å². The molecule has 0 spiro atoms. The van der Waals surface area contributed by atoms with Crippen LogP contribution in [-0.2, 0) is 16.1 Å². The van der Waals surface area contributed by atoms with E-state index in [9.17, 15) is 9.59 Å². The summed E-state index contributed by atoms with van der Waals surface area (Å²) < 4.78 is 1.73. The van der Waals surface area contributed by atoms with Gasteiger partial charge in [0.1, 0.15) is 5.15 Å². The van der Waals surface area contributed by atoms with Gasteiger partial charge in [-0.2, -0.15) is 5.10 Å². The van der Waals surface area contributed by atoms with Crippen LogP contribution in [0.5, 0.6) is 0 Å². The normalized spacial score (nSPS) is 14.4. The van der Waals surface area contributed by atoms with Gasteiger partial charge < -0.3 is 10.6 Å². The predicted octanol–water partition coefficient (Wildman–Crippen LogP) is 3.78. The number of carbonyl (C=O) groups is 2. The summed E-state index contributed by atoms with van der Waals surface area (Å²) in [7, 11) is 0. The first-order chi connectivity index (χ1) is 14.4. The van der Waals surface area contributed by atoms with E-state index in [0.29, 0.717) is 24.3 Å². The number of rotatable bonds is 8. The summed E-state index contributed by atoms with van der Waals surface area (Å²) in [5.41, 5.74) is 3.78. The van der Waals surface area contributed by atoms with Gasteiger partial charge in [0.25, 0.3) is 0 Å². The van der Waals surface area contributed by atoms with Gasteiger partial charge in [0.05, 0.1) is 12.2 Å². The van der Waals surface area contributed by atoms with Crippen LogP contribution in [-0.4, -0.2) is 34.2 Å². The number of aromatic nitrogens is 2. The molecule has 1 saturated carbocycles. The van der Waals surface area contributed by atoms with Crippen LogP contribution in [0.15, 0.2) is 30.3 Å². The lowest BCUT2D eigenvalue weighted by atomic mass is 10.1. The Labute approximate surface area is 182 Å². The second-order valence-electron chi connectivity index (χ2n) is 7.86. The van der Waals surface area contributed by atoms with E-state index in [4.69, 9.17) is 11.6 Å². The van der Waals surface area contributed by atoms with E-state index >= 15 is 0 Å². The molecule has 0 radical (unpaired) electrons. The first-order valence-corrected chi connectivity index (χ1v) is 10.8. The average Bonchev–Trinajstić information content (AvgIpc) is 3.30. The minimum Gasteiger partial charge on any atom is -0.353 e.